The molecule has 0 aliphatic carbocycles. The lowest BCUT2D eigenvalue weighted by molar-refractivity contribution is -0.124. The van der Waals surface area contributed by atoms with Crippen LogP contribution in [0.25, 0.3) is 0 Å². The number of phenols is 1. The molecule has 7 nitrogen and oxygen atoms in total. The quantitative estimate of drug-likeness (QED) is 0.516. The van der Waals surface area contributed by atoms with Crippen molar-refractivity contribution in [3.05, 3.63) is 53.1 Å². The molecule has 0 aliphatic rings. The first-order chi connectivity index (χ1) is 12.9. The number of hydrogen-bond acceptors (Lipinski definition) is 5. The summed E-state index contributed by atoms with van der Waals surface area (Å²) in [6.07, 6.45) is 1.50. The average Bonchev–Trinajstić information content (AvgIpc) is 2.64. The molecule has 0 radical (unpaired) electrons. The van der Waals surface area contributed by atoms with Crippen LogP contribution in [0.1, 0.15) is 29.5 Å². The van der Waals surface area contributed by atoms with E-state index < -0.39 is 0 Å². The van der Waals surface area contributed by atoms with Crippen LogP contribution < -0.4 is 15.5 Å². The average molecular weight is 369 g/mol. The number of hydrazone groups is 1. The maximum atomic E-state index is 12.0. The Kier molecular flexibility index (Phi) is 6.93. The molecule has 0 fully saturated rings. The van der Waals surface area contributed by atoms with Crippen molar-refractivity contribution in [1.29, 1.82) is 0 Å². The lowest BCUT2D eigenvalue weighted by atomic mass is 10.1. The molecule has 2 rings (SSSR count). The Morgan fingerprint density at radius 1 is 1.11 bits per heavy atom. The summed E-state index contributed by atoms with van der Waals surface area (Å²) in [5.41, 5.74) is 5.79. The molecule has 0 heterocycles. The van der Waals surface area contributed by atoms with Crippen molar-refractivity contribution in [2.75, 3.05) is 12.4 Å². The summed E-state index contributed by atoms with van der Waals surface area (Å²) in [5.74, 6) is -0.263. The van der Waals surface area contributed by atoms with Crippen LogP contribution in [0.4, 0.5) is 5.69 Å². The van der Waals surface area contributed by atoms with Gasteiger partial charge < -0.3 is 15.2 Å². The van der Waals surface area contributed by atoms with Crippen LogP contribution in [0.3, 0.4) is 0 Å². The summed E-state index contributed by atoms with van der Waals surface area (Å²) in [7, 11) is 1.45. The van der Waals surface area contributed by atoms with Gasteiger partial charge in [-0.15, -0.1) is 0 Å². The fourth-order valence-corrected chi connectivity index (χ4v) is 2.32. The molecule has 0 unspecified atom stereocenters. The highest BCUT2D eigenvalue weighted by atomic mass is 16.5. The van der Waals surface area contributed by atoms with E-state index in [1.165, 1.54) is 19.4 Å². The number of ether oxygens (including phenoxy) is 1. The third-order valence-electron chi connectivity index (χ3n) is 3.85. The molecular weight excluding hydrogens is 346 g/mol. The number of carbonyl (C=O) groups is 2. The van der Waals surface area contributed by atoms with E-state index in [0.29, 0.717) is 11.3 Å². The standard InChI is InChI=1S/C20H23N3O4/c1-13-4-5-14(2)16(10-13)22-19(25)8-9-20(26)23-21-12-15-6-7-17(24)18(11-15)27-3/h4-7,10-12,24H,8-9H2,1-3H3,(H,22,25)(H,23,26)/b21-12+. The SMILES string of the molecule is COc1cc(/C=N/NC(=O)CCC(=O)Nc2cc(C)ccc2C)ccc1O. The predicted molar refractivity (Wildman–Crippen MR) is 104 cm³/mol. The van der Waals surface area contributed by atoms with E-state index in [1.807, 2.05) is 32.0 Å². The zero-order valence-corrected chi connectivity index (χ0v) is 15.6. The summed E-state index contributed by atoms with van der Waals surface area (Å²) in [5, 5.41) is 16.2. The molecule has 0 aliphatic heterocycles. The number of carbonyl (C=O) groups excluding carboxylic acids is 2. The Hall–Kier alpha value is -3.35. The third kappa shape index (κ3) is 6.14. The molecule has 0 bridgehead atoms. The molecule has 0 aromatic heterocycles. The second kappa shape index (κ2) is 9.38. The van der Waals surface area contributed by atoms with Crippen LogP contribution in [-0.4, -0.2) is 30.2 Å². The van der Waals surface area contributed by atoms with Gasteiger partial charge in [0.1, 0.15) is 0 Å². The van der Waals surface area contributed by atoms with E-state index in [-0.39, 0.29) is 30.4 Å². The maximum absolute atomic E-state index is 12.0. The molecule has 2 amide bonds. The Balaban J connectivity index is 1.80. The molecule has 7 heteroatoms. The first-order valence-corrected chi connectivity index (χ1v) is 8.45. The van der Waals surface area contributed by atoms with Gasteiger partial charge in [0.15, 0.2) is 11.5 Å². The molecule has 0 spiro atoms. The van der Waals surface area contributed by atoms with E-state index >= 15 is 0 Å². The Bertz CT molecular complexity index is 862. The van der Waals surface area contributed by atoms with Crippen molar-refractivity contribution in [1.82, 2.24) is 5.43 Å². The third-order valence-corrected chi connectivity index (χ3v) is 3.85. The van der Waals surface area contributed by atoms with Crippen LogP contribution in [0.15, 0.2) is 41.5 Å². The summed E-state index contributed by atoms with van der Waals surface area (Å²) < 4.78 is 5.00. The van der Waals surface area contributed by atoms with Gasteiger partial charge in [0.25, 0.3) is 0 Å². The van der Waals surface area contributed by atoms with E-state index in [9.17, 15) is 14.7 Å². The number of hydrogen-bond donors (Lipinski definition) is 3. The van der Waals surface area contributed by atoms with Gasteiger partial charge in [0, 0.05) is 18.5 Å². The predicted octanol–water partition coefficient (Wildman–Crippen LogP) is 2.89. The minimum atomic E-state index is -0.367. The highest BCUT2D eigenvalue weighted by Gasteiger charge is 2.08. The van der Waals surface area contributed by atoms with Gasteiger partial charge in [-0.1, -0.05) is 12.1 Å². The van der Waals surface area contributed by atoms with Crippen LogP contribution in [-0.2, 0) is 9.59 Å². The molecule has 27 heavy (non-hydrogen) atoms. The zero-order valence-electron chi connectivity index (χ0n) is 15.6. The summed E-state index contributed by atoms with van der Waals surface area (Å²) in [6.45, 7) is 3.86. The minimum absolute atomic E-state index is 0.0208. The van der Waals surface area contributed by atoms with Crippen LogP contribution in [0, 0.1) is 13.8 Å². The number of amides is 2. The molecule has 0 saturated heterocycles. The second-order valence-corrected chi connectivity index (χ2v) is 6.09. The van der Waals surface area contributed by atoms with E-state index in [2.05, 4.69) is 15.8 Å². The number of aromatic hydroxyl groups is 1. The Morgan fingerprint density at radius 3 is 2.59 bits per heavy atom. The van der Waals surface area contributed by atoms with Gasteiger partial charge in [-0.3, -0.25) is 9.59 Å². The van der Waals surface area contributed by atoms with Crippen molar-refractivity contribution < 1.29 is 19.4 Å². The highest BCUT2D eigenvalue weighted by molar-refractivity contribution is 5.94. The van der Waals surface area contributed by atoms with Gasteiger partial charge in [-0.25, -0.2) is 5.43 Å². The van der Waals surface area contributed by atoms with E-state index in [4.69, 9.17) is 4.74 Å². The second-order valence-electron chi connectivity index (χ2n) is 6.09. The molecule has 0 atom stereocenters. The van der Waals surface area contributed by atoms with Gasteiger partial charge in [0.2, 0.25) is 11.8 Å². The topological polar surface area (TPSA) is 100 Å². The molecule has 142 valence electrons. The van der Waals surface area contributed by atoms with Gasteiger partial charge >= 0.3 is 0 Å². The summed E-state index contributed by atoms with van der Waals surface area (Å²) in [6, 6.07) is 10.5. The highest BCUT2D eigenvalue weighted by Crippen LogP contribution is 2.25. The first kappa shape index (κ1) is 20.0. The van der Waals surface area contributed by atoms with Crippen LogP contribution in [0.5, 0.6) is 11.5 Å². The van der Waals surface area contributed by atoms with Crippen molar-refractivity contribution >= 4 is 23.7 Å². The molecule has 2 aromatic carbocycles. The van der Waals surface area contributed by atoms with E-state index in [0.717, 1.165) is 16.8 Å². The monoisotopic (exact) mass is 369 g/mol. The van der Waals surface area contributed by atoms with Gasteiger partial charge in [-0.2, -0.15) is 5.10 Å². The molecule has 0 saturated carbocycles. The Morgan fingerprint density at radius 2 is 1.85 bits per heavy atom. The fraction of sp³-hybridized carbons (Fsp3) is 0.250. The number of nitrogens with one attached hydrogen (secondary N) is 2. The number of rotatable bonds is 7. The van der Waals surface area contributed by atoms with Crippen LogP contribution in [0.2, 0.25) is 0 Å². The molecular formula is C20H23N3O4. The molecule has 3 N–H and O–H groups in total. The first-order valence-electron chi connectivity index (χ1n) is 8.45. The summed E-state index contributed by atoms with van der Waals surface area (Å²) in [4.78, 5) is 23.8. The zero-order chi connectivity index (χ0) is 19.8. The Labute approximate surface area is 158 Å². The number of methoxy groups -OCH3 is 1. The maximum Gasteiger partial charge on any atom is 0.240 e. The number of aryl methyl sites for hydroxylation is 2. The number of benzene rings is 2. The number of anilines is 1. The van der Waals surface area contributed by atoms with Crippen molar-refractivity contribution in [3.63, 3.8) is 0 Å². The van der Waals surface area contributed by atoms with Gasteiger partial charge in [0.05, 0.1) is 13.3 Å². The van der Waals surface area contributed by atoms with E-state index in [1.54, 1.807) is 12.1 Å². The lowest BCUT2D eigenvalue weighted by Crippen LogP contribution is -2.20. The van der Waals surface area contributed by atoms with Crippen molar-refractivity contribution in [3.8, 4) is 11.5 Å². The largest absolute Gasteiger partial charge is 0.504 e. The van der Waals surface area contributed by atoms with Crippen LogP contribution >= 0.6 is 0 Å². The lowest BCUT2D eigenvalue weighted by Gasteiger charge is -2.09. The number of nitrogens with zero attached hydrogens (tertiary/aromatic N) is 1. The van der Waals surface area contributed by atoms with Crippen molar-refractivity contribution in [2.45, 2.75) is 26.7 Å². The van der Waals surface area contributed by atoms with Crippen molar-refractivity contribution in [2.24, 2.45) is 5.10 Å². The summed E-state index contributed by atoms with van der Waals surface area (Å²) >= 11 is 0. The van der Waals surface area contributed by atoms with Gasteiger partial charge in [-0.05, 0) is 54.8 Å². The smallest absolute Gasteiger partial charge is 0.240 e. The normalized spacial score (nSPS) is 10.6. The minimum Gasteiger partial charge on any atom is -0.504 e. The number of phenolic OH excluding ortho intramolecular Hbond substituents is 1. The molecule has 2 aromatic rings. The fourth-order valence-electron chi connectivity index (χ4n) is 2.32.